The van der Waals surface area contributed by atoms with E-state index < -0.39 is 23.6 Å². The van der Waals surface area contributed by atoms with E-state index >= 15 is 0 Å². The van der Waals surface area contributed by atoms with Crippen LogP contribution >= 0.6 is 0 Å². The van der Waals surface area contributed by atoms with Crippen molar-refractivity contribution in [1.29, 1.82) is 0 Å². The molecule has 0 bridgehead atoms. The number of hydrogen-bond acceptors (Lipinski definition) is 3. The summed E-state index contributed by atoms with van der Waals surface area (Å²) in [6, 6.07) is 5.07. The second-order valence-electron chi connectivity index (χ2n) is 3.92. The van der Waals surface area contributed by atoms with Crippen molar-refractivity contribution in [2.24, 2.45) is 0 Å². The van der Waals surface area contributed by atoms with Crippen molar-refractivity contribution < 1.29 is 23.5 Å². The lowest BCUT2D eigenvalue weighted by atomic mass is 10.3. The Labute approximate surface area is 117 Å². The predicted octanol–water partition coefficient (Wildman–Crippen LogP) is 2.70. The number of aromatic nitrogens is 1. The molecule has 0 aliphatic rings. The number of carboxylic acids is 1. The third kappa shape index (κ3) is 3.50. The van der Waals surface area contributed by atoms with Gasteiger partial charge in [-0.15, -0.1) is 0 Å². The highest BCUT2D eigenvalue weighted by Gasteiger charge is 2.11. The van der Waals surface area contributed by atoms with Gasteiger partial charge in [-0.25, -0.2) is 23.4 Å². The summed E-state index contributed by atoms with van der Waals surface area (Å²) >= 11 is 0. The van der Waals surface area contributed by atoms with Crippen LogP contribution < -0.4 is 10.6 Å². The quantitative estimate of drug-likeness (QED) is 0.811. The molecule has 0 saturated carbocycles. The maximum absolute atomic E-state index is 13.3. The highest BCUT2D eigenvalue weighted by molar-refractivity contribution is 5.99. The molecule has 0 fully saturated rings. The number of anilines is 2. The molecule has 2 aromatic rings. The minimum absolute atomic E-state index is 0.183. The Balaban J connectivity index is 2.04. The number of carbonyl (C=O) groups is 2. The zero-order valence-electron chi connectivity index (χ0n) is 10.4. The van der Waals surface area contributed by atoms with Gasteiger partial charge in [0.2, 0.25) is 0 Å². The van der Waals surface area contributed by atoms with Crippen molar-refractivity contribution in [3.05, 3.63) is 53.9 Å². The van der Waals surface area contributed by atoms with Crippen LogP contribution in [0, 0.1) is 11.6 Å². The molecule has 1 heterocycles. The number of aromatic carboxylic acids is 1. The van der Waals surface area contributed by atoms with Gasteiger partial charge in [0.1, 0.15) is 5.69 Å². The molecule has 108 valence electrons. The van der Waals surface area contributed by atoms with Crippen molar-refractivity contribution in [2.45, 2.75) is 0 Å². The fraction of sp³-hybridized carbons (Fsp3) is 0. The molecule has 0 unspecified atom stereocenters. The van der Waals surface area contributed by atoms with Crippen molar-refractivity contribution >= 4 is 23.4 Å². The number of urea groups is 1. The minimum atomic E-state index is -1.20. The lowest BCUT2D eigenvalue weighted by Gasteiger charge is -2.08. The van der Waals surface area contributed by atoms with Gasteiger partial charge in [0.15, 0.2) is 11.6 Å². The Hall–Kier alpha value is -3.03. The molecule has 8 heteroatoms. The number of rotatable bonds is 3. The Bertz CT molecular complexity index is 690. The van der Waals surface area contributed by atoms with Gasteiger partial charge in [-0.05, 0) is 24.3 Å². The van der Waals surface area contributed by atoms with Gasteiger partial charge in [-0.3, -0.25) is 0 Å². The van der Waals surface area contributed by atoms with E-state index in [1.165, 1.54) is 24.3 Å². The van der Waals surface area contributed by atoms with Crippen LogP contribution in [0.1, 0.15) is 10.5 Å². The molecular formula is C13H9F2N3O3. The summed E-state index contributed by atoms with van der Waals surface area (Å²) in [4.78, 5) is 25.8. The first-order valence-electron chi connectivity index (χ1n) is 5.69. The standard InChI is InChI=1S/C13H9F2N3O3/c14-8-2-1-3-9(11(8)15)18-13(21)17-7-4-5-10(12(19)20)16-6-7/h1-6H,(H,19,20)(H2,17,18,21). The molecule has 0 atom stereocenters. The number of pyridine rings is 1. The van der Waals surface area contributed by atoms with Gasteiger partial charge in [0.25, 0.3) is 0 Å². The predicted molar refractivity (Wildman–Crippen MR) is 70.2 cm³/mol. The van der Waals surface area contributed by atoms with E-state index in [4.69, 9.17) is 5.11 Å². The monoisotopic (exact) mass is 293 g/mol. The SMILES string of the molecule is O=C(Nc1ccc(C(=O)O)nc1)Nc1cccc(F)c1F. The van der Waals surface area contributed by atoms with Gasteiger partial charge in [0, 0.05) is 0 Å². The topological polar surface area (TPSA) is 91.3 Å². The third-order valence-electron chi connectivity index (χ3n) is 2.44. The minimum Gasteiger partial charge on any atom is -0.477 e. The highest BCUT2D eigenvalue weighted by atomic mass is 19.2. The number of halogens is 2. The fourth-order valence-electron chi connectivity index (χ4n) is 1.48. The second-order valence-corrected chi connectivity index (χ2v) is 3.92. The summed E-state index contributed by atoms with van der Waals surface area (Å²) < 4.78 is 26.3. The average molecular weight is 293 g/mol. The smallest absolute Gasteiger partial charge is 0.354 e. The number of carbonyl (C=O) groups excluding carboxylic acids is 1. The van der Waals surface area contributed by atoms with E-state index in [1.54, 1.807) is 0 Å². The Morgan fingerprint density at radius 1 is 1.10 bits per heavy atom. The Morgan fingerprint density at radius 2 is 1.86 bits per heavy atom. The molecule has 2 amide bonds. The molecule has 0 radical (unpaired) electrons. The van der Waals surface area contributed by atoms with Crippen molar-refractivity contribution in [2.75, 3.05) is 10.6 Å². The van der Waals surface area contributed by atoms with E-state index in [0.717, 1.165) is 12.3 Å². The van der Waals surface area contributed by atoms with Gasteiger partial charge in [-0.2, -0.15) is 0 Å². The lowest BCUT2D eigenvalue weighted by molar-refractivity contribution is 0.0690. The van der Waals surface area contributed by atoms with Crippen LogP contribution in [-0.4, -0.2) is 22.1 Å². The van der Waals surface area contributed by atoms with E-state index in [9.17, 15) is 18.4 Å². The van der Waals surface area contributed by atoms with Gasteiger partial charge >= 0.3 is 12.0 Å². The third-order valence-corrected chi connectivity index (χ3v) is 2.44. The maximum atomic E-state index is 13.3. The first-order chi connectivity index (χ1) is 9.97. The van der Waals surface area contributed by atoms with Crippen LogP contribution in [-0.2, 0) is 0 Å². The van der Waals surface area contributed by atoms with Gasteiger partial charge in [-0.1, -0.05) is 6.07 Å². The van der Waals surface area contributed by atoms with E-state index in [-0.39, 0.29) is 17.1 Å². The molecule has 1 aromatic carbocycles. The van der Waals surface area contributed by atoms with Crippen molar-refractivity contribution in [3.8, 4) is 0 Å². The normalized spacial score (nSPS) is 10.0. The van der Waals surface area contributed by atoms with Crippen LogP contribution in [0.3, 0.4) is 0 Å². The molecule has 3 N–H and O–H groups in total. The maximum Gasteiger partial charge on any atom is 0.354 e. The van der Waals surface area contributed by atoms with E-state index in [1.807, 2.05) is 0 Å². The molecule has 21 heavy (non-hydrogen) atoms. The summed E-state index contributed by atoms with van der Waals surface area (Å²) in [6.07, 6.45) is 1.13. The number of nitrogens with one attached hydrogen (secondary N) is 2. The average Bonchev–Trinajstić information content (AvgIpc) is 2.44. The molecule has 0 aliphatic carbocycles. The van der Waals surface area contributed by atoms with Gasteiger partial charge < -0.3 is 15.7 Å². The zero-order chi connectivity index (χ0) is 15.4. The summed E-state index contributed by atoms with van der Waals surface area (Å²) in [5.74, 6) is -3.46. The molecular weight excluding hydrogens is 284 g/mol. The van der Waals surface area contributed by atoms with Crippen LogP contribution in [0.2, 0.25) is 0 Å². The number of amides is 2. The van der Waals surface area contributed by atoms with Crippen LogP contribution in [0.4, 0.5) is 25.0 Å². The van der Waals surface area contributed by atoms with Crippen LogP contribution in [0.15, 0.2) is 36.5 Å². The Morgan fingerprint density at radius 3 is 2.48 bits per heavy atom. The molecule has 6 nitrogen and oxygen atoms in total. The molecule has 0 saturated heterocycles. The second kappa shape index (κ2) is 5.95. The van der Waals surface area contributed by atoms with Crippen molar-refractivity contribution in [3.63, 3.8) is 0 Å². The lowest BCUT2D eigenvalue weighted by Crippen LogP contribution is -2.20. The number of carboxylic acid groups (broad SMARTS) is 1. The zero-order valence-corrected chi connectivity index (χ0v) is 10.4. The van der Waals surface area contributed by atoms with Crippen LogP contribution in [0.25, 0.3) is 0 Å². The van der Waals surface area contributed by atoms with Crippen LogP contribution in [0.5, 0.6) is 0 Å². The summed E-state index contributed by atoms with van der Waals surface area (Å²) in [6.45, 7) is 0. The van der Waals surface area contributed by atoms with E-state index in [0.29, 0.717) is 0 Å². The number of nitrogens with zero attached hydrogens (tertiary/aromatic N) is 1. The highest BCUT2D eigenvalue weighted by Crippen LogP contribution is 2.17. The van der Waals surface area contributed by atoms with Gasteiger partial charge in [0.05, 0.1) is 17.6 Å². The summed E-state index contributed by atoms with van der Waals surface area (Å²) in [5.41, 5.74) is -0.297. The molecule has 0 aliphatic heterocycles. The molecule has 2 rings (SSSR count). The summed E-state index contributed by atoms with van der Waals surface area (Å²) in [7, 11) is 0. The first-order valence-corrected chi connectivity index (χ1v) is 5.69. The molecule has 0 spiro atoms. The van der Waals surface area contributed by atoms with E-state index in [2.05, 4.69) is 15.6 Å². The van der Waals surface area contributed by atoms with Crippen molar-refractivity contribution in [1.82, 2.24) is 4.98 Å². The fourth-order valence-corrected chi connectivity index (χ4v) is 1.48. The molecule has 1 aromatic heterocycles. The largest absolute Gasteiger partial charge is 0.477 e. The summed E-state index contributed by atoms with van der Waals surface area (Å²) in [5, 5.41) is 13.1. The Kier molecular flexibility index (Phi) is 4.07. The number of hydrogen-bond donors (Lipinski definition) is 3. The number of benzene rings is 1. The first kappa shape index (κ1) is 14.4.